The number of para-hydroxylation sites is 2. The molecular formula is C20H22N2O7S. The van der Waals surface area contributed by atoms with Crippen molar-refractivity contribution in [1.82, 2.24) is 4.31 Å². The molecule has 0 spiro atoms. The number of morpholine rings is 1. The van der Waals surface area contributed by atoms with Crippen molar-refractivity contribution in [3.63, 3.8) is 0 Å². The maximum absolute atomic E-state index is 12.9. The SMILES string of the molecule is COc1ccc(S(=O)(=O)N2CCOCC2)cc1NC(=O)[C@@H]1COc2ccccc2O1. The first-order valence-electron chi connectivity index (χ1n) is 9.44. The highest BCUT2D eigenvalue weighted by atomic mass is 32.2. The molecule has 2 heterocycles. The fourth-order valence-electron chi connectivity index (χ4n) is 3.24. The number of sulfonamides is 1. The van der Waals surface area contributed by atoms with E-state index in [0.717, 1.165) is 0 Å². The molecule has 2 aromatic carbocycles. The van der Waals surface area contributed by atoms with Crippen molar-refractivity contribution in [3.05, 3.63) is 42.5 Å². The summed E-state index contributed by atoms with van der Waals surface area (Å²) in [7, 11) is -2.28. The molecule has 0 aliphatic carbocycles. The van der Waals surface area contributed by atoms with E-state index in [1.165, 1.54) is 29.6 Å². The summed E-state index contributed by atoms with van der Waals surface area (Å²) in [5.74, 6) is 0.905. The second kappa shape index (κ2) is 8.50. The number of amides is 1. The predicted molar refractivity (Wildman–Crippen MR) is 108 cm³/mol. The van der Waals surface area contributed by atoms with Crippen molar-refractivity contribution >= 4 is 21.6 Å². The minimum atomic E-state index is -3.72. The molecule has 0 saturated carbocycles. The number of hydrogen-bond donors (Lipinski definition) is 1. The number of rotatable bonds is 5. The Morgan fingerprint density at radius 2 is 1.87 bits per heavy atom. The highest BCUT2D eigenvalue weighted by molar-refractivity contribution is 7.89. The maximum Gasteiger partial charge on any atom is 0.269 e. The van der Waals surface area contributed by atoms with Crippen LogP contribution in [0.3, 0.4) is 0 Å². The largest absolute Gasteiger partial charge is 0.495 e. The van der Waals surface area contributed by atoms with Gasteiger partial charge in [-0.05, 0) is 30.3 Å². The van der Waals surface area contributed by atoms with Gasteiger partial charge in [-0.3, -0.25) is 4.79 Å². The number of methoxy groups -OCH3 is 1. The molecule has 2 aliphatic heterocycles. The second-order valence-corrected chi connectivity index (χ2v) is 8.67. The minimum Gasteiger partial charge on any atom is -0.495 e. The van der Waals surface area contributed by atoms with E-state index < -0.39 is 22.0 Å². The van der Waals surface area contributed by atoms with Gasteiger partial charge in [0.05, 0.1) is 30.9 Å². The number of fused-ring (bicyclic) bond motifs is 1. The van der Waals surface area contributed by atoms with E-state index >= 15 is 0 Å². The monoisotopic (exact) mass is 434 g/mol. The van der Waals surface area contributed by atoms with Crippen LogP contribution in [0.25, 0.3) is 0 Å². The molecular weight excluding hydrogens is 412 g/mol. The number of benzene rings is 2. The van der Waals surface area contributed by atoms with Crippen LogP contribution in [0.5, 0.6) is 17.2 Å². The first-order valence-corrected chi connectivity index (χ1v) is 10.9. The highest BCUT2D eigenvalue weighted by Gasteiger charge is 2.30. The van der Waals surface area contributed by atoms with Crippen LogP contribution in [0.1, 0.15) is 0 Å². The first-order chi connectivity index (χ1) is 14.5. The van der Waals surface area contributed by atoms with Gasteiger partial charge in [0, 0.05) is 13.1 Å². The number of nitrogens with one attached hydrogen (secondary N) is 1. The number of anilines is 1. The Labute approximate surface area is 174 Å². The van der Waals surface area contributed by atoms with Gasteiger partial charge in [-0.15, -0.1) is 0 Å². The number of ether oxygens (including phenoxy) is 4. The zero-order valence-corrected chi connectivity index (χ0v) is 17.2. The Bertz CT molecular complexity index is 1040. The number of hydrogen-bond acceptors (Lipinski definition) is 7. The van der Waals surface area contributed by atoms with Crippen LogP contribution in [0.4, 0.5) is 5.69 Å². The average Bonchev–Trinajstić information content (AvgIpc) is 2.79. The molecule has 4 rings (SSSR count). The van der Waals surface area contributed by atoms with Gasteiger partial charge in [0.1, 0.15) is 12.4 Å². The molecule has 160 valence electrons. The van der Waals surface area contributed by atoms with E-state index in [1.54, 1.807) is 18.2 Å². The van der Waals surface area contributed by atoms with E-state index in [2.05, 4.69) is 5.32 Å². The summed E-state index contributed by atoms with van der Waals surface area (Å²) in [6.07, 6.45) is -0.885. The summed E-state index contributed by atoms with van der Waals surface area (Å²) in [6.45, 7) is 1.29. The zero-order valence-electron chi connectivity index (χ0n) is 16.4. The van der Waals surface area contributed by atoms with E-state index in [4.69, 9.17) is 18.9 Å². The summed E-state index contributed by atoms with van der Waals surface area (Å²) in [6, 6.07) is 11.4. The van der Waals surface area contributed by atoms with Crippen LogP contribution in [-0.2, 0) is 19.6 Å². The standard InChI is InChI=1S/C20H22N2O7S/c1-26-16-7-6-14(30(24,25)22-8-10-27-11-9-22)12-15(16)21-20(23)19-13-28-17-4-2-3-5-18(17)29-19/h2-7,12,19H,8-11,13H2,1H3,(H,21,23)/t19-/m0/s1. The molecule has 0 bridgehead atoms. The Morgan fingerprint density at radius 3 is 2.60 bits per heavy atom. The van der Waals surface area contributed by atoms with Gasteiger partial charge >= 0.3 is 0 Å². The Morgan fingerprint density at radius 1 is 1.13 bits per heavy atom. The van der Waals surface area contributed by atoms with Gasteiger partial charge in [0.15, 0.2) is 11.5 Å². The molecule has 1 atom stereocenters. The van der Waals surface area contributed by atoms with Gasteiger partial charge in [-0.2, -0.15) is 4.31 Å². The molecule has 1 N–H and O–H groups in total. The van der Waals surface area contributed by atoms with Crippen molar-refractivity contribution in [1.29, 1.82) is 0 Å². The molecule has 0 unspecified atom stereocenters. The zero-order chi connectivity index (χ0) is 21.1. The quantitative estimate of drug-likeness (QED) is 0.761. The van der Waals surface area contributed by atoms with Crippen molar-refractivity contribution < 1.29 is 32.2 Å². The predicted octanol–water partition coefficient (Wildman–Crippen LogP) is 1.49. The fraction of sp³-hybridized carbons (Fsp3) is 0.350. The van der Waals surface area contributed by atoms with Gasteiger partial charge in [0.2, 0.25) is 16.1 Å². The van der Waals surface area contributed by atoms with E-state index in [-0.39, 0.29) is 30.3 Å². The Balaban J connectivity index is 1.55. The molecule has 1 fully saturated rings. The first kappa shape index (κ1) is 20.5. The van der Waals surface area contributed by atoms with Crippen molar-refractivity contribution in [2.24, 2.45) is 0 Å². The normalized spacial score (nSPS) is 19.2. The van der Waals surface area contributed by atoms with Crippen molar-refractivity contribution in [2.45, 2.75) is 11.0 Å². The highest BCUT2D eigenvalue weighted by Crippen LogP contribution is 2.33. The third-order valence-corrected chi connectivity index (χ3v) is 6.73. The molecule has 0 radical (unpaired) electrons. The van der Waals surface area contributed by atoms with Crippen LogP contribution in [0.15, 0.2) is 47.4 Å². The lowest BCUT2D eigenvalue weighted by atomic mass is 10.2. The number of nitrogens with zero attached hydrogens (tertiary/aromatic N) is 1. The number of carbonyl (C=O) groups is 1. The van der Waals surface area contributed by atoms with Crippen LogP contribution in [0.2, 0.25) is 0 Å². The van der Waals surface area contributed by atoms with Gasteiger partial charge in [-0.25, -0.2) is 8.42 Å². The molecule has 1 saturated heterocycles. The summed E-state index contributed by atoms with van der Waals surface area (Å²) in [5, 5.41) is 2.70. The second-order valence-electron chi connectivity index (χ2n) is 6.73. The third-order valence-electron chi connectivity index (χ3n) is 4.84. The lowest BCUT2D eigenvalue weighted by molar-refractivity contribution is -0.125. The van der Waals surface area contributed by atoms with E-state index in [0.29, 0.717) is 30.5 Å². The molecule has 2 aliphatic rings. The van der Waals surface area contributed by atoms with E-state index in [1.807, 2.05) is 6.07 Å². The fourth-order valence-corrected chi connectivity index (χ4v) is 4.68. The van der Waals surface area contributed by atoms with Crippen LogP contribution < -0.4 is 19.5 Å². The Kier molecular flexibility index (Phi) is 5.80. The average molecular weight is 434 g/mol. The molecule has 30 heavy (non-hydrogen) atoms. The van der Waals surface area contributed by atoms with Crippen molar-refractivity contribution in [3.8, 4) is 17.2 Å². The lowest BCUT2D eigenvalue weighted by Crippen LogP contribution is -2.41. The lowest BCUT2D eigenvalue weighted by Gasteiger charge is -2.27. The van der Waals surface area contributed by atoms with E-state index in [9.17, 15) is 13.2 Å². The van der Waals surface area contributed by atoms with Crippen LogP contribution >= 0.6 is 0 Å². The molecule has 10 heteroatoms. The van der Waals surface area contributed by atoms with Crippen LogP contribution in [-0.4, -0.2) is 64.8 Å². The van der Waals surface area contributed by atoms with Gasteiger partial charge < -0.3 is 24.3 Å². The van der Waals surface area contributed by atoms with Crippen molar-refractivity contribution in [2.75, 3.05) is 45.3 Å². The molecule has 2 aromatic rings. The topological polar surface area (TPSA) is 103 Å². The van der Waals surface area contributed by atoms with Crippen LogP contribution in [0, 0.1) is 0 Å². The molecule has 0 aromatic heterocycles. The smallest absolute Gasteiger partial charge is 0.269 e. The number of carbonyl (C=O) groups excluding carboxylic acids is 1. The minimum absolute atomic E-state index is 0.0386. The maximum atomic E-state index is 12.9. The molecule has 9 nitrogen and oxygen atoms in total. The Hall–Kier alpha value is -2.82. The summed E-state index contributed by atoms with van der Waals surface area (Å²) >= 11 is 0. The summed E-state index contributed by atoms with van der Waals surface area (Å²) < 4.78 is 49.0. The summed E-state index contributed by atoms with van der Waals surface area (Å²) in [4.78, 5) is 12.8. The molecule has 1 amide bonds. The summed E-state index contributed by atoms with van der Waals surface area (Å²) in [5.41, 5.74) is 0.235. The van der Waals surface area contributed by atoms with Gasteiger partial charge in [-0.1, -0.05) is 12.1 Å². The third kappa shape index (κ3) is 4.07. The van der Waals surface area contributed by atoms with Gasteiger partial charge in [0.25, 0.3) is 5.91 Å².